The molecule has 4 heteroatoms. The Kier molecular flexibility index (Phi) is 4.73. The average Bonchev–Trinajstić information content (AvgIpc) is 3.19. The Morgan fingerprint density at radius 3 is 3.05 bits per heavy atom. The molecule has 1 fully saturated rings. The van der Waals surface area contributed by atoms with E-state index in [2.05, 4.69) is 5.32 Å². The number of amides is 1. The summed E-state index contributed by atoms with van der Waals surface area (Å²) < 4.78 is 5.57. The average molecular weight is 293 g/mol. The molecule has 0 bridgehead atoms. The van der Waals surface area contributed by atoms with Gasteiger partial charge in [-0.15, -0.1) is 11.3 Å². The highest BCUT2D eigenvalue weighted by atomic mass is 32.1. The van der Waals surface area contributed by atoms with Gasteiger partial charge in [-0.25, -0.2) is 0 Å². The molecule has 0 aromatic carbocycles. The van der Waals surface area contributed by atoms with Crippen LogP contribution in [0, 0.1) is 5.92 Å². The summed E-state index contributed by atoms with van der Waals surface area (Å²) in [7, 11) is 0. The Morgan fingerprint density at radius 1 is 1.35 bits per heavy atom. The zero-order valence-electron chi connectivity index (χ0n) is 12.0. The number of thiophene rings is 1. The lowest BCUT2D eigenvalue weighted by atomic mass is 9.96. The van der Waals surface area contributed by atoms with Crippen molar-refractivity contribution in [1.29, 1.82) is 0 Å². The third-order valence-electron chi connectivity index (χ3n) is 4.11. The van der Waals surface area contributed by atoms with Gasteiger partial charge in [-0.3, -0.25) is 4.79 Å². The number of hydrogen-bond donors (Lipinski definition) is 1. The molecule has 0 saturated heterocycles. The van der Waals surface area contributed by atoms with Gasteiger partial charge in [0, 0.05) is 30.0 Å². The van der Waals surface area contributed by atoms with Crippen molar-refractivity contribution < 1.29 is 9.53 Å². The number of carbonyl (C=O) groups excluding carboxylic acids is 1. The van der Waals surface area contributed by atoms with Crippen molar-refractivity contribution in [2.75, 3.05) is 19.8 Å². The zero-order valence-corrected chi connectivity index (χ0v) is 12.8. The first-order chi connectivity index (χ1) is 9.84. The van der Waals surface area contributed by atoms with Crippen LogP contribution in [0.1, 0.15) is 52.9 Å². The lowest BCUT2D eigenvalue weighted by Gasteiger charge is -2.12. The monoisotopic (exact) mass is 293 g/mol. The van der Waals surface area contributed by atoms with Crippen molar-refractivity contribution in [3.05, 3.63) is 21.4 Å². The third-order valence-corrected chi connectivity index (χ3v) is 5.20. The van der Waals surface area contributed by atoms with E-state index in [1.165, 1.54) is 36.1 Å². The molecule has 1 N–H and O–H groups in total. The molecule has 0 aliphatic heterocycles. The van der Waals surface area contributed by atoms with Gasteiger partial charge in [-0.05, 0) is 56.4 Å². The summed E-state index contributed by atoms with van der Waals surface area (Å²) in [5, 5.41) is 5.06. The van der Waals surface area contributed by atoms with Crippen LogP contribution in [0.25, 0.3) is 0 Å². The van der Waals surface area contributed by atoms with Crippen molar-refractivity contribution in [2.24, 2.45) is 5.92 Å². The van der Waals surface area contributed by atoms with Crippen LogP contribution in [0.15, 0.2) is 5.38 Å². The summed E-state index contributed by atoms with van der Waals surface area (Å²) in [6.45, 7) is 2.39. The van der Waals surface area contributed by atoms with Crippen LogP contribution >= 0.6 is 11.3 Å². The van der Waals surface area contributed by atoms with Gasteiger partial charge in [0.1, 0.15) is 0 Å². The Balaban J connectivity index is 1.38. The van der Waals surface area contributed by atoms with Gasteiger partial charge in [0.2, 0.25) is 0 Å². The molecule has 110 valence electrons. The lowest BCUT2D eigenvalue weighted by Crippen LogP contribution is -2.26. The third kappa shape index (κ3) is 3.61. The Hall–Kier alpha value is -0.870. The minimum atomic E-state index is 0.103. The molecule has 0 spiro atoms. The van der Waals surface area contributed by atoms with E-state index in [4.69, 9.17) is 4.74 Å². The first-order valence-corrected chi connectivity index (χ1v) is 8.68. The van der Waals surface area contributed by atoms with Gasteiger partial charge in [0.25, 0.3) is 5.91 Å². The topological polar surface area (TPSA) is 38.3 Å². The van der Waals surface area contributed by atoms with E-state index in [1.54, 1.807) is 11.3 Å². The molecule has 1 aromatic rings. The SMILES string of the molecule is O=C(NCCCOCC1CC1)c1csc2c1CCCC2. The molecule has 1 saturated carbocycles. The van der Waals surface area contributed by atoms with Crippen molar-refractivity contribution in [3.63, 3.8) is 0 Å². The number of carbonyl (C=O) groups is 1. The van der Waals surface area contributed by atoms with E-state index in [0.29, 0.717) is 6.54 Å². The van der Waals surface area contributed by atoms with Gasteiger partial charge in [0.15, 0.2) is 0 Å². The molecule has 0 unspecified atom stereocenters. The molecule has 2 aliphatic carbocycles. The van der Waals surface area contributed by atoms with Crippen molar-refractivity contribution in [3.8, 4) is 0 Å². The number of nitrogens with one attached hydrogen (secondary N) is 1. The van der Waals surface area contributed by atoms with Crippen molar-refractivity contribution in [1.82, 2.24) is 5.32 Å². The number of hydrogen-bond acceptors (Lipinski definition) is 3. The van der Waals surface area contributed by atoms with E-state index in [1.807, 2.05) is 5.38 Å². The highest BCUT2D eigenvalue weighted by Crippen LogP contribution is 2.30. The van der Waals surface area contributed by atoms with E-state index < -0.39 is 0 Å². The first kappa shape index (κ1) is 14.1. The Bertz CT molecular complexity index is 465. The molecule has 20 heavy (non-hydrogen) atoms. The predicted octanol–water partition coefficient (Wildman–Crippen LogP) is 3.17. The molecule has 0 atom stereocenters. The molecule has 1 amide bonds. The van der Waals surface area contributed by atoms with Gasteiger partial charge in [-0.2, -0.15) is 0 Å². The maximum absolute atomic E-state index is 12.2. The van der Waals surface area contributed by atoms with Crippen LogP contribution in [0.3, 0.4) is 0 Å². The Morgan fingerprint density at radius 2 is 2.20 bits per heavy atom. The van der Waals surface area contributed by atoms with Gasteiger partial charge < -0.3 is 10.1 Å². The van der Waals surface area contributed by atoms with Gasteiger partial charge in [-0.1, -0.05) is 0 Å². The lowest BCUT2D eigenvalue weighted by molar-refractivity contribution is 0.0936. The first-order valence-electron chi connectivity index (χ1n) is 7.80. The summed E-state index contributed by atoms with van der Waals surface area (Å²) in [4.78, 5) is 13.6. The molecular weight excluding hydrogens is 270 g/mol. The fraction of sp³-hybridized carbons (Fsp3) is 0.688. The number of fused-ring (bicyclic) bond motifs is 1. The van der Waals surface area contributed by atoms with Crippen LogP contribution in [-0.4, -0.2) is 25.7 Å². The second-order valence-corrected chi connectivity index (χ2v) is 6.85. The second kappa shape index (κ2) is 6.72. The van der Waals surface area contributed by atoms with E-state index >= 15 is 0 Å². The highest BCUT2D eigenvalue weighted by molar-refractivity contribution is 7.10. The smallest absolute Gasteiger partial charge is 0.252 e. The second-order valence-electron chi connectivity index (χ2n) is 5.89. The normalized spacial score (nSPS) is 17.8. The standard InChI is InChI=1S/C16H23NO2S/c18-16(17-8-3-9-19-10-12-6-7-12)14-11-20-15-5-2-1-4-13(14)15/h11-12H,1-10H2,(H,17,18). The van der Waals surface area contributed by atoms with E-state index in [0.717, 1.165) is 44.0 Å². The van der Waals surface area contributed by atoms with Crippen LogP contribution < -0.4 is 5.32 Å². The van der Waals surface area contributed by atoms with Crippen molar-refractivity contribution in [2.45, 2.75) is 44.9 Å². The van der Waals surface area contributed by atoms with Gasteiger partial charge in [0.05, 0.1) is 5.56 Å². The molecule has 3 nitrogen and oxygen atoms in total. The quantitative estimate of drug-likeness (QED) is 0.784. The number of aryl methyl sites for hydroxylation is 1. The fourth-order valence-electron chi connectivity index (χ4n) is 2.69. The maximum Gasteiger partial charge on any atom is 0.252 e. The van der Waals surface area contributed by atoms with Crippen LogP contribution in [0.5, 0.6) is 0 Å². The largest absolute Gasteiger partial charge is 0.381 e. The molecule has 1 aromatic heterocycles. The molecule has 0 radical (unpaired) electrons. The van der Waals surface area contributed by atoms with Gasteiger partial charge >= 0.3 is 0 Å². The number of ether oxygens (including phenoxy) is 1. The highest BCUT2D eigenvalue weighted by Gasteiger charge is 2.21. The van der Waals surface area contributed by atoms with E-state index in [9.17, 15) is 4.79 Å². The zero-order chi connectivity index (χ0) is 13.8. The molecular formula is C16H23NO2S. The minimum Gasteiger partial charge on any atom is -0.381 e. The van der Waals surface area contributed by atoms with Crippen LogP contribution in [0.4, 0.5) is 0 Å². The van der Waals surface area contributed by atoms with Crippen molar-refractivity contribution >= 4 is 17.2 Å². The minimum absolute atomic E-state index is 0.103. The summed E-state index contributed by atoms with van der Waals surface area (Å²) in [6, 6.07) is 0. The molecule has 3 rings (SSSR count). The van der Waals surface area contributed by atoms with E-state index in [-0.39, 0.29) is 5.91 Å². The summed E-state index contributed by atoms with van der Waals surface area (Å²) >= 11 is 1.75. The van der Waals surface area contributed by atoms with Crippen LogP contribution in [-0.2, 0) is 17.6 Å². The summed E-state index contributed by atoms with van der Waals surface area (Å²) in [5.41, 5.74) is 2.23. The number of rotatable bonds is 7. The maximum atomic E-state index is 12.2. The Labute approximate surface area is 124 Å². The predicted molar refractivity (Wildman–Crippen MR) is 81.5 cm³/mol. The molecule has 2 aliphatic rings. The fourth-order valence-corrected chi connectivity index (χ4v) is 3.82. The summed E-state index contributed by atoms with van der Waals surface area (Å²) in [5.74, 6) is 0.925. The van der Waals surface area contributed by atoms with Crippen LogP contribution in [0.2, 0.25) is 0 Å². The molecule has 1 heterocycles. The summed E-state index contributed by atoms with van der Waals surface area (Å²) in [6.07, 6.45) is 8.30.